The fraction of sp³-hybridized carbons (Fsp3) is 0.571. The fourth-order valence-corrected chi connectivity index (χ4v) is 1.92. The van der Waals surface area contributed by atoms with Gasteiger partial charge in [0.1, 0.15) is 0 Å². The van der Waals surface area contributed by atoms with Gasteiger partial charge in [-0.25, -0.2) is 0 Å². The minimum absolute atomic E-state index is 0.241. The molecule has 1 atom stereocenters. The second-order valence-corrected chi connectivity index (χ2v) is 4.52. The SMILES string of the molecule is CCCc1ccc(C(CO)C(C)C)cc1. The molecule has 1 aromatic rings. The molecule has 0 saturated heterocycles. The van der Waals surface area contributed by atoms with Crippen LogP contribution in [0.5, 0.6) is 0 Å². The van der Waals surface area contributed by atoms with Gasteiger partial charge >= 0.3 is 0 Å². The van der Waals surface area contributed by atoms with Crippen molar-refractivity contribution >= 4 is 0 Å². The second kappa shape index (κ2) is 5.92. The van der Waals surface area contributed by atoms with Gasteiger partial charge < -0.3 is 5.11 Å². The Bertz CT molecular complexity index is 274. The summed E-state index contributed by atoms with van der Waals surface area (Å²) < 4.78 is 0. The molecule has 84 valence electrons. The molecule has 15 heavy (non-hydrogen) atoms. The minimum Gasteiger partial charge on any atom is -0.396 e. The summed E-state index contributed by atoms with van der Waals surface area (Å²) in [7, 11) is 0. The number of rotatable bonds is 5. The highest BCUT2D eigenvalue weighted by molar-refractivity contribution is 5.26. The Balaban J connectivity index is 2.77. The highest BCUT2D eigenvalue weighted by Crippen LogP contribution is 2.24. The molecule has 0 radical (unpaired) electrons. The van der Waals surface area contributed by atoms with Crippen LogP contribution < -0.4 is 0 Å². The Morgan fingerprint density at radius 2 is 1.73 bits per heavy atom. The maximum absolute atomic E-state index is 9.32. The van der Waals surface area contributed by atoms with Gasteiger partial charge in [0, 0.05) is 5.92 Å². The fourth-order valence-electron chi connectivity index (χ4n) is 1.92. The highest BCUT2D eigenvalue weighted by Gasteiger charge is 2.13. The van der Waals surface area contributed by atoms with Crippen molar-refractivity contribution in [1.82, 2.24) is 0 Å². The van der Waals surface area contributed by atoms with Gasteiger partial charge in [0.05, 0.1) is 6.61 Å². The lowest BCUT2D eigenvalue weighted by Crippen LogP contribution is -2.11. The first-order chi connectivity index (χ1) is 7.19. The van der Waals surface area contributed by atoms with Gasteiger partial charge in [-0.1, -0.05) is 51.5 Å². The standard InChI is InChI=1S/C14H22O/c1-4-5-12-6-8-13(9-7-12)14(10-15)11(2)3/h6-9,11,14-15H,4-5,10H2,1-3H3. The van der Waals surface area contributed by atoms with Gasteiger partial charge in [-0.05, 0) is 23.5 Å². The maximum atomic E-state index is 9.32. The van der Waals surface area contributed by atoms with Crippen molar-refractivity contribution in [2.24, 2.45) is 5.92 Å². The molecule has 0 aromatic heterocycles. The van der Waals surface area contributed by atoms with E-state index in [2.05, 4.69) is 45.0 Å². The number of aryl methyl sites for hydroxylation is 1. The molecule has 0 bridgehead atoms. The van der Waals surface area contributed by atoms with E-state index in [4.69, 9.17) is 0 Å². The number of aliphatic hydroxyl groups is 1. The Morgan fingerprint density at radius 1 is 1.13 bits per heavy atom. The molecule has 1 N–H and O–H groups in total. The monoisotopic (exact) mass is 206 g/mol. The number of hydrogen-bond acceptors (Lipinski definition) is 1. The number of benzene rings is 1. The quantitative estimate of drug-likeness (QED) is 0.783. The normalized spacial score (nSPS) is 13.1. The Labute approximate surface area is 93.1 Å². The summed E-state index contributed by atoms with van der Waals surface area (Å²) in [6.45, 7) is 6.74. The Morgan fingerprint density at radius 3 is 2.13 bits per heavy atom. The van der Waals surface area contributed by atoms with E-state index in [1.54, 1.807) is 0 Å². The van der Waals surface area contributed by atoms with Gasteiger partial charge in [0.25, 0.3) is 0 Å². The van der Waals surface area contributed by atoms with Crippen molar-refractivity contribution in [2.45, 2.75) is 39.5 Å². The third kappa shape index (κ3) is 3.35. The number of aliphatic hydroxyl groups excluding tert-OH is 1. The summed E-state index contributed by atoms with van der Waals surface area (Å²) >= 11 is 0. The van der Waals surface area contributed by atoms with E-state index < -0.39 is 0 Å². The second-order valence-electron chi connectivity index (χ2n) is 4.52. The van der Waals surface area contributed by atoms with Crippen LogP contribution in [0.2, 0.25) is 0 Å². The molecule has 1 nitrogen and oxygen atoms in total. The first kappa shape index (κ1) is 12.3. The molecule has 0 fully saturated rings. The number of hydrogen-bond donors (Lipinski definition) is 1. The maximum Gasteiger partial charge on any atom is 0.0502 e. The lowest BCUT2D eigenvalue weighted by Gasteiger charge is -2.18. The zero-order valence-electron chi connectivity index (χ0n) is 10.0. The molecule has 1 heteroatoms. The third-order valence-corrected chi connectivity index (χ3v) is 2.95. The van der Waals surface area contributed by atoms with Crippen LogP contribution in [0.3, 0.4) is 0 Å². The topological polar surface area (TPSA) is 20.2 Å². The smallest absolute Gasteiger partial charge is 0.0502 e. The molecule has 1 rings (SSSR count). The molecule has 1 unspecified atom stereocenters. The third-order valence-electron chi connectivity index (χ3n) is 2.95. The Kier molecular flexibility index (Phi) is 4.83. The van der Waals surface area contributed by atoms with Crippen LogP contribution in [0.25, 0.3) is 0 Å². The summed E-state index contributed by atoms with van der Waals surface area (Å²) in [5.41, 5.74) is 2.65. The predicted octanol–water partition coefficient (Wildman–Crippen LogP) is 3.37. The van der Waals surface area contributed by atoms with E-state index in [-0.39, 0.29) is 12.5 Å². The first-order valence-electron chi connectivity index (χ1n) is 5.88. The average Bonchev–Trinajstić information content (AvgIpc) is 2.21. The van der Waals surface area contributed by atoms with Crippen LogP contribution in [0.4, 0.5) is 0 Å². The van der Waals surface area contributed by atoms with Crippen LogP contribution in [0.1, 0.15) is 44.2 Å². The van der Waals surface area contributed by atoms with Crippen molar-refractivity contribution in [3.63, 3.8) is 0 Å². The molecular formula is C14H22O. The van der Waals surface area contributed by atoms with E-state index in [1.165, 1.54) is 17.5 Å². The largest absolute Gasteiger partial charge is 0.396 e. The Hall–Kier alpha value is -0.820. The summed E-state index contributed by atoms with van der Waals surface area (Å²) in [6.07, 6.45) is 2.33. The van der Waals surface area contributed by atoms with Crippen molar-refractivity contribution in [2.75, 3.05) is 6.61 Å². The zero-order chi connectivity index (χ0) is 11.3. The van der Waals surface area contributed by atoms with Gasteiger partial charge in [-0.15, -0.1) is 0 Å². The highest BCUT2D eigenvalue weighted by atomic mass is 16.3. The molecule has 1 aromatic carbocycles. The summed E-state index contributed by atoms with van der Waals surface area (Å²) in [5, 5.41) is 9.32. The van der Waals surface area contributed by atoms with Crippen molar-refractivity contribution < 1.29 is 5.11 Å². The van der Waals surface area contributed by atoms with E-state index >= 15 is 0 Å². The van der Waals surface area contributed by atoms with Crippen LogP contribution >= 0.6 is 0 Å². The van der Waals surface area contributed by atoms with Crippen LogP contribution in [0, 0.1) is 5.92 Å². The zero-order valence-corrected chi connectivity index (χ0v) is 10.0. The molecular weight excluding hydrogens is 184 g/mol. The van der Waals surface area contributed by atoms with E-state index in [1.807, 2.05) is 0 Å². The molecule has 0 spiro atoms. The minimum atomic E-state index is 0.241. The molecule has 0 aliphatic carbocycles. The lowest BCUT2D eigenvalue weighted by atomic mass is 9.88. The van der Waals surface area contributed by atoms with Crippen LogP contribution in [0.15, 0.2) is 24.3 Å². The van der Waals surface area contributed by atoms with Gasteiger partial charge in [0.15, 0.2) is 0 Å². The summed E-state index contributed by atoms with van der Waals surface area (Å²) in [4.78, 5) is 0. The van der Waals surface area contributed by atoms with E-state index in [9.17, 15) is 5.11 Å². The first-order valence-corrected chi connectivity index (χ1v) is 5.88. The molecule has 0 heterocycles. The molecule has 0 amide bonds. The van der Waals surface area contributed by atoms with Gasteiger partial charge in [-0.2, -0.15) is 0 Å². The summed E-state index contributed by atoms with van der Waals surface area (Å²) in [5.74, 6) is 0.771. The average molecular weight is 206 g/mol. The summed E-state index contributed by atoms with van der Waals surface area (Å²) in [6, 6.07) is 8.69. The van der Waals surface area contributed by atoms with Gasteiger partial charge in [0.2, 0.25) is 0 Å². The molecule has 0 saturated carbocycles. The van der Waals surface area contributed by atoms with Crippen molar-refractivity contribution in [3.8, 4) is 0 Å². The van der Waals surface area contributed by atoms with Crippen molar-refractivity contribution in [3.05, 3.63) is 35.4 Å². The van der Waals surface area contributed by atoms with Gasteiger partial charge in [-0.3, -0.25) is 0 Å². The molecule has 0 aliphatic heterocycles. The van der Waals surface area contributed by atoms with E-state index in [0.717, 1.165) is 6.42 Å². The van der Waals surface area contributed by atoms with Crippen LogP contribution in [-0.2, 0) is 6.42 Å². The van der Waals surface area contributed by atoms with Crippen LogP contribution in [-0.4, -0.2) is 11.7 Å². The van der Waals surface area contributed by atoms with Crippen molar-refractivity contribution in [1.29, 1.82) is 0 Å². The molecule has 0 aliphatic rings. The predicted molar refractivity (Wildman–Crippen MR) is 65.1 cm³/mol. The van der Waals surface area contributed by atoms with E-state index in [0.29, 0.717) is 5.92 Å². The lowest BCUT2D eigenvalue weighted by molar-refractivity contribution is 0.237.